The van der Waals surface area contributed by atoms with Crippen LogP contribution in [0.1, 0.15) is 6.92 Å². The zero-order valence-corrected chi connectivity index (χ0v) is 9.81. The van der Waals surface area contributed by atoms with Crippen molar-refractivity contribution in [3.63, 3.8) is 0 Å². The summed E-state index contributed by atoms with van der Waals surface area (Å²) in [7, 11) is 1.79. The van der Waals surface area contributed by atoms with Gasteiger partial charge >= 0.3 is 0 Å². The number of fused-ring (bicyclic) bond motifs is 3. The second kappa shape index (κ2) is 3.48. The smallest absolute Gasteiger partial charge is 0.267 e. The Hall–Kier alpha value is -2.03. The van der Waals surface area contributed by atoms with Gasteiger partial charge in [-0.05, 0) is 18.4 Å². The van der Waals surface area contributed by atoms with Gasteiger partial charge in [-0.1, -0.05) is 30.3 Å². The number of nitrogens with zero attached hydrogens (tertiary/aromatic N) is 1. The first-order valence-corrected chi connectivity index (χ1v) is 5.64. The summed E-state index contributed by atoms with van der Waals surface area (Å²) in [6, 6.07) is 12.0. The summed E-state index contributed by atoms with van der Waals surface area (Å²) in [6.07, 6.45) is -0.418. The second-order valence-corrected chi connectivity index (χ2v) is 4.29. The minimum absolute atomic E-state index is 0.00668. The monoisotopic (exact) mass is 227 g/mol. The summed E-state index contributed by atoms with van der Waals surface area (Å²) in [5.74, 6) is 0.797. The van der Waals surface area contributed by atoms with E-state index in [1.54, 1.807) is 18.9 Å². The maximum Gasteiger partial charge on any atom is 0.267 e. The van der Waals surface area contributed by atoms with Gasteiger partial charge in [-0.3, -0.25) is 4.79 Å². The number of likely N-dealkylation sites (N-methyl/N-ethyl adjacent to an activating group) is 1. The highest BCUT2D eigenvalue weighted by Gasteiger charge is 2.29. The average molecular weight is 227 g/mol. The van der Waals surface area contributed by atoms with Crippen LogP contribution in [-0.4, -0.2) is 19.1 Å². The van der Waals surface area contributed by atoms with Gasteiger partial charge in [0.15, 0.2) is 11.9 Å². The van der Waals surface area contributed by atoms with E-state index in [4.69, 9.17) is 4.74 Å². The summed E-state index contributed by atoms with van der Waals surface area (Å²) in [6.45, 7) is 1.78. The molecule has 2 aromatic carbocycles. The Morgan fingerprint density at radius 2 is 1.94 bits per heavy atom. The zero-order chi connectivity index (χ0) is 12.0. The number of anilines is 1. The van der Waals surface area contributed by atoms with Gasteiger partial charge in [-0.25, -0.2) is 0 Å². The van der Waals surface area contributed by atoms with Gasteiger partial charge in [0, 0.05) is 12.4 Å². The van der Waals surface area contributed by atoms with Crippen molar-refractivity contribution in [1.82, 2.24) is 0 Å². The summed E-state index contributed by atoms with van der Waals surface area (Å²) < 4.78 is 5.74. The molecule has 0 spiro atoms. The lowest BCUT2D eigenvalue weighted by Crippen LogP contribution is -2.41. The van der Waals surface area contributed by atoms with Crippen molar-refractivity contribution >= 4 is 22.4 Å². The Bertz CT molecular complexity index is 606. The topological polar surface area (TPSA) is 29.5 Å². The number of hydrogen-bond donors (Lipinski definition) is 0. The van der Waals surface area contributed by atoms with Gasteiger partial charge in [0.1, 0.15) is 0 Å². The molecule has 2 aromatic rings. The molecular weight excluding hydrogens is 214 g/mol. The molecule has 1 unspecified atom stereocenters. The third kappa shape index (κ3) is 1.39. The van der Waals surface area contributed by atoms with E-state index in [0.29, 0.717) is 0 Å². The molecule has 1 aliphatic rings. The Kier molecular flexibility index (Phi) is 2.08. The predicted molar refractivity (Wildman–Crippen MR) is 67.4 cm³/mol. The van der Waals surface area contributed by atoms with Gasteiger partial charge in [0.25, 0.3) is 5.91 Å². The number of carbonyl (C=O) groups excluding carboxylic acids is 1. The van der Waals surface area contributed by atoms with Crippen molar-refractivity contribution in [2.24, 2.45) is 0 Å². The Morgan fingerprint density at radius 3 is 2.76 bits per heavy atom. The lowest BCUT2D eigenvalue weighted by atomic mass is 10.1. The molecule has 1 amide bonds. The first kappa shape index (κ1) is 10.1. The number of benzene rings is 2. The molecule has 3 rings (SSSR count). The predicted octanol–water partition coefficient (Wildman–Crippen LogP) is 2.58. The fourth-order valence-corrected chi connectivity index (χ4v) is 2.24. The van der Waals surface area contributed by atoms with Crippen LogP contribution in [0.15, 0.2) is 36.4 Å². The molecule has 3 heteroatoms. The van der Waals surface area contributed by atoms with E-state index in [9.17, 15) is 4.79 Å². The van der Waals surface area contributed by atoms with Crippen molar-refractivity contribution in [2.75, 3.05) is 11.9 Å². The lowest BCUT2D eigenvalue weighted by Gasteiger charge is -2.31. The lowest BCUT2D eigenvalue weighted by molar-refractivity contribution is -0.125. The first-order valence-electron chi connectivity index (χ1n) is 5.64. The SMILES string of the molecule is CC1Oc2c(ccc3ccccc23)N(C)C1=O. The van der Waals surface area contributed by atoms with Crippen molar-refractivity contribution in [1.29, 1.82) is 0 Å². The maximum absolute atomic E-state index is 11.8. The average Bonchev–Trinajstić information content (AvgIpc) is 2.36. The maximum atomic E-state index is 11.8. The normalized spacial score (nSPS) is 19.1. The molecule has 0 bridgehead atoms. The van der Waals surface area contributed by atoms with E-state index in [1.165, 1.54) is 0 Å². The molecule has 1 atom stereocenters. The molecule has 1 aliphatic heterocycles. The van der Waals surface area contributed by atoms with Crippen LogP contribution in [0.5, 0.6) is 5.75 Å². The molecule has 17 heavy (non-hydrogen) atoms. The van der Waals surface area contributed by atoms with Crippen LogP contribution in [0.25, 0.3) is 10.8 Å². The van der Waals surface area contributed by atoms with Crippen LogP contribution in [0.4, 0.5) is 5.69 Å². The number of carbonyl (C=O) groups is 1. The number of amides is 1. The molecule has 86 valence electrons. The third-order valence-electron chi connectivity index (χ3n) is 3.19. The van der Waals surface area contributed by atoms with Crippen LogP contribution in [0, 0.1) is 0 Å². The third-order valence-corrected chi connectivity index (χ3v) is 3.19. The fourth-order valence-electron chi connectivity index (χ4n) is 2.24. The molecule has 1 heterocycles. The van der Waals surface area contributed by atoms with Crippen molar-refractivity contribution in [3.05, 3.63) is 36.4 Å². The highest BCUT2D eigenvalue weighted by molar-refractivity contribution is 6.04. The van der Waals surface area contributed by atoms with Crippen molar-refractivity contribution in [2.45, 2.75) is 13.0 Å². The Labute approximate surface area is 99.6 Å². The molecule has 0 saturated carbocycles. The van der Waals surface area contributed by atoms with E-state index < -0.39 is 6.10 Å². The van der Waals surface area contributed by atoms with Gasteiger partial charge in [-0.15, -0.1) is 0 Å². The summed E-state index contributed by atoms with van der Waals surface area (Å²) in [4.78, 5) is 13.5. The summed E-state index contributed by atoms with van der Waals surface area (Å²) in [5, 5.41) is 2.18. The molecule has 0 aliphatic carbocycles. The van der Waals surface area contributed by atoms with Crippen molar-refractivity contribution < 1.29 is 9.53 Å². The molecule has 0 aromatic heterocycles. The molecule has 0 radical (unpaired) electrons. The minimum atomic E-state index is -0.418. The quantitative estimate of drug-likeness (QED) is 0.692. The molecule has 0 saturated heterocycles. The van der Waals surface area contributed by atoms with E-state index in [2.05, 4.69) is 0 Å². The van der Waals surface area contributed by atoms with E-state index in [-0.39, 0.29) is 5.91 Å². The van der Waals surface area contributed by atoms with Gasteiger partial charge in [0.2, 0.25) is 0 Å². The van der Waals surface area contributed by atoms with Crippen LogP contribution >= 0.6 is 0 Å². The minimum Gasteiger partial charge on any atom is -0.478 e. The van der Waals surface area contributed by atoms with Crippen LogP contribution in [0.3, 0.4) is 0 Å². The van der Waals surface area contributed by atoms with E-state index >= 15 is 0 Å². The summed E-state index contributed by atoms with van der Waals surface area (Å²) in [5.41, 5.74) is 0.840. The fraction of sp³-hybridized carbons (Fsp3) is 0.214. The van der Waals surface area contributed by atoms with E-state index in [0.717, 1.165) is 22.2 Å². The zero-order valence-electron chi connectivity index (χ0n) is 9.81. The second-order valence-electron chi connectivity index (χ2n) is 4.29. The van der Waals surface area contributed by atoms with Crippen LogP contribution in [0.2, 0.25) is 0 Å². The number of ether oxygens (including phenoxy) is 1. The largest absolute Gasteiger partial charge is 0.478 e. The van der Waals surface area contributed by atoms with Crippen LogP contribution < -0.4 is 9.64 Å². The number of rotatable bonds is 0. The molecular formula is C14H13NO2. The highest BCUT2D eigenvalue weighted by atomic mass is 16.5. The number of hydrogen-bond acceptors (Lipinski definition) is 2. The summed E-state index contributed by atoms with van der Waals surface area (Å²) >= 11 is 0. The standard InChI is InChI=1S/C14H13NO2/c1-9-14(16)15(2)12-8-7-10-5-3-4-6-11(10)13(12)17-9/h3-9H,1-2H3. The van der Waals surface area contributed by atoms with Crippen molar-refractivity contribution in [3.8, 4) is 5.75 Å². The van der Waals surface area contributed by atoms with Gasteiger partial charge in [0.05, 0.1) is 5.69 Å². The molecule has 0 fully saturated rings. The first-order chi connectivity index (χ1) is 8.18. The molecule has 0 N–H and O–H groups in total. The van der Waals surface area contributed by atoms with Crippen LogP contribution in [-0.2, 0) is 4.79 Å². The Balaban J connectivity index is 2.30. The van der Waals surface area contributed by atoms with E-state index in [1.807, 2.05) is 36.4 Å². The molecule has 3 nitrogen and oxygen atoms in total. The van der Waals surface area contributed by atoms with Gasteiger partial charge in [-0.2, -0.15) is 0 Å². The Morgan fingerprint density at radius 1 is 1.18 bits per heavy atom. The van der Waals surface area contributed by atoms with Gasteiger partial charge < -0.3 is 9.64 Å². The highest BCUT2D eigenvalue weighted by Crippen LogP contribution is 2.39.